The first-order valence-corrected chi connectivity index (χ1v) is 6.83. The van der Waals surface area contributed by atoms with Gasteiger partial charge in [-0.1, -0.05) is 18.2 Å². The highest BCUT2D eigenvalue weighted by Crippen LogP contribution is 2.17. The lowest BCUT2D eigenvalue weighted by Crippen LogP contribution is -2.30. The van der Waals surface area contributed by atoms with E-state index >= 15 is 0 Å². The van der Waals surface area contributed by atoms with Gasteiger partial charge in [0.2, 0.25) is 0 Å². The average Bonchev–Trinajstić information content (AvgIpc) is 2.67. The summed E-state index contributed by atoms with van der Waals surface area (Å²) in [5.74, 6) is 0.861. The zero-order valence-corrected chi connectivity index (χ0v) is 11.5. The Bertz CT molecular complexity index is 476. The molecule has 1 atom stereocenters. The van der Waals surface area contributed by atoms with Gasteiger partial charge in [-0.05, 0) is 26.0 Å². The van der Waals surface area contributed by atoms with Crippen LogP contribution in [0.5, 0.6) is 5.75 Å². The second kappa shape index (κ2) is 5.98. The third-order valence-electron chi connectivity index (χ3n) is 2.72. The lowest BCUT2D eigenvalue weighted by atomic mass is 10.2. The first-order chi connectivity index (χ1) is 8.65. The molecule has 0 aliphatic heterocycles. The van der Waals surface area contributed by atoms with Crippen molar-refractivity contribution in [1.29, 1.82) is 0 Å². The summed E-state index contributed by atoms with van der Waals surface area (Å²) in [6.07, 6.45) is 0.770. The molecule has 0 saturated heterocycles. The summed E-state index contributed by atoms with van der Waals surface area (Å²) in [7, 11) is 0. The third-order valence-corrected chi connectivity index (χ3v) is 3.81. The Kier molecular flexibility index (Phi) is 4.33. The van der Waals surface area contributed by atoms with Crippen LogP contribution in [0.4, 0.5) is 0 Å². The van der Waals surface area contributed by atoms with Gasteiger partial charge in [-0.15, -0.1) is 11.3 Å². The zero-order valence-electron chi connectivity index (χ0n) is 10.7. The van der Waals surface area contributed by atoms with Crippen LogP contribution >= 0.6 is 11.3 Å². The van der Waals surface area contributed by atoms with Crippen LogP contribution in [0.2, 0.25) is 0 Å². The number of hydrogen-bond donors (Lipinski definition) is 1. The molecule has 0 amide bonds. The highest BCUT2D eigenvalue weighted by molar-refractivity contribution is 7.11. The summed E-state index contributed by atoms with van der Waals surface area (Å²) in [5, 5.41) is 1.09. The van der Waals surface area contributed by atoms with E-state index in [-0.39, 0.29) is 6.04 Å². The van der Waals surface area contributed by atoms with Crippen molar-refractivity contribution in [3.8, 4) is 5.75 Å². The molecule has 0 aliphatic carbocycles. The smallest absolute Gasteiger partial charge is 0.119 e. The van der Waals surface area contributed by atoms with E-state index in [9.17, 15) is 0 Å². The molecule has 2 aromatic rings. The van der Waals surface area contributed by atoms with E-state index < -0.39 is 0 Å². The Morgan fingerprint density at radius 3 is 2.61 bits per heavy atom. The molecule has 1 aromatic heterocycles. The molecule has 0 bridgehead atoms. The zero-order chi connectivity index (χ0) is 13.0. The maximum atomic E-state index is 6.05. The molecule has 18 heavy (non-hydrogen) atoms. The summed E-state index contributed by atoms with van der Waals surface area (Å²) in [6.45, 7) is 4.63. The SMILES string of the molecule is Cc1nc(CC(N)COc2ccccc2)sc1C. The number of aryl methyl sites for hydroxylation is 2. The van der Waals surface area contributed by atoms with E-state index in [0.29, 0.717) is 6.61 Å². The van der Waals surface area contributed by atoms with Crippen LogP contribution in [0.3, 0.4) is 0 Å². The molecule has 0 spiro atoms. The van der Waals surface area contributed by atoms with E-state index in [1.807, 2.05) is 37.3 Å². The minimum Gasteiger partial charge on any atom is -0.492 e. The van der Waals surface area contributed by atoms with Crippen molar-refractivity contribution in [3.05, 3.63) is 45.9 Å². The molecule has 2 rings (SSSR count). The van der Waals surface area contributed by atoms with Gasteiger partial charge in [0.05, 0.1) is 10.7 Å². The lowest BCUT2D eigenvalue weighted by Gasteiger charge is -2.11. The van der Waals surface area contributed by atoms with Crippen molar-refractivity contribution < 1.29 is 4.74 Å². The Morgan fingerprint density at radius 1 is 1.28 bits per heavy atom. The van der Waals surface area contributed by atoms with Gasteiger partial charge in [0.25, 0.3) is 0 Å². The maximum absolute atomic E-state index is 6.05. The summed E-state index contributed by atoms with van der Waals surface area (Å²) in [5.41, 5.74) is 7.16. The van der Waals surface area contributed by atoms with Crippen molar-refractivity contribution >= 4 is 11.3 Å². The minimum absolute atomic E-state index is 0.0184. The number of para-hydroxylation sites is 1. The topological polar surface area (TPSA) is 48.1 Å². The van der Waals surface area contributed by atoms with Crippen LogP contribution in [-0.4, -0.2) is 17.6 Å². The molecule has 0 saturated carbocycles. The predicted octanol–water partition coefficient (Wildman–Crippen LogP) is 2.71. The van der Waals surface area contributed by atoms with E-state index in [1.54, 1.807) is 11.3 Å². The number of thiazole rings is 1. The number of ether oxygens (including phenoxy) is 1. The Balaban J connectivity index is 1.84. The number of nitrogens with zero attached hydrogens (tertiary/aromatic N) is 1. The third kappa shape index (κ3) is 3.55. The predicted molar refractivity (Wildman–Crippen MR) is 75.2 cm³/mol. The van der Waals surface area contributed by atoms with Gasteiger partial charge in [0.1, 0.15) is 12.4 Å². The molecule has 0 fully saturated rings. The van der Waals surface area contributed by atoms with Gasteiger partial charge in [-0.2, -0.15) is 0 Å². The van der Waals surface area contributed by atoms with Crippen LogP contribution in [-0.2, 0) is 6.42 Å². The van der Waals surface area contributed by atoms with Crippen molar-refractivity contribution in [2.75, 3.05) is 6.61 Å². The number of rotatable bonds is 5. The standard InChI is InChI=1S/C14H18N2OS/c1-10-11(2)18-14(16-10)8-12(15)9-17-13-6-4-3-5-7-13/h3-7,12H,8-9,15H2,1-2H3. The van der Waals surface area contributed by atoms with Crippen molar-refractivity contribution in [2.45, 2.75) is 26.3 Å². The number of nitrogens with two attached hydrogens (primary N) is 1. The fraction of sp³-hybridized carbons (Fsp3) is 0.357. The van der Waals surface area contributed by atoms with Crippen molar-refractivity contribution in [1.82, 2.24) is 4.98 Å². The average molecular weight is 262 g/mol. The van der Waals surface area contributed by atoms with Gasteiger partial charge in [-0.25, -0.2) is 4.98 Å². The fourth-order valence-corrected chi connectivity index (χ4v) is 2.66. The monoisotopic (exact) mass is 262 g/mol. The summed E-state index contributed by atoms with van der Waals surface area (Å²) in [6, 6.07) is 9.72. The number of hydrogen-bond acceptors (Lipinski definition) is 4. The molecular formula is C14H18N2OS. The molecule has 1 aromatic carbocycles. The molecule has 0 radical (unpaired) electrons. The van der Waals surface area contributed by atoms with Crippen LogP contribution in [0.1, 0.15) is 15.6 Å². The van der Waals surface area contributed by atoms with E-state index in [1.165, 1.54) is 4.88 Å². The molecule has 96 valence electrons. The van der Waals surface area contributed by atoms with Crippen LogP contribution in [0.25, 0.3) is 0 Å². The molecule has 4 heteroatoms. The lowest BCUT2D eigenvalue weighted by molar-refractivity contribution is 0.287. The van der Waals surface area contributed by atoms with Crippen molar-refractivity contribution in [3.63, 3.8) is 0 Å². The molecule has 1 unspecified atom stereocenters. The summed E-state index contributed by atoms with van der Waals surface area (Å²) in [4.78, 5) is 5.75. The molecular weight excluding hydrogens is 244 g/mol. The van der Waals surface area contributed by atoms with E-state index in [4.69, 9.17) is 10.5 Å². The Hall–Kier alpha value is -1.39. The van der Waals surface area contributed by atoms with Gasteiger partial charge in [-0.3, -0.25) is 0 Å². The highest BCUT2D eigenvalue weighted by Gasteiger charge is 2.10. The second-order valence-corrected chi connectivity index (χ2v) is 5.63. The van der Waals surface area contributed by atoms with Gasteiger partial charge in [0.15, 0.2) is 0 Å². The second-order valence-electron chi connectivity index (χ2n) is 4.34. The van der Waals surface area contributed by atoms with Crippen LogP contribution in [0, 0.1) is 13.8 Å². The van der Waals surface area contributed by atoms with Crippen LogP contribution in [0.15, 0.2) is 30.3 Å². The van der Waals surface area contributed by atoms with Gasteiger partial charge >= 0.3 is 0 Å². The minimum atomic E-state index is -0.0184. The molecule has 3 nitrogen and oxygen atoms in total. The summed E-state index contributed by atoms with van der Waals surface area (Å²) >= 11 is 1.72. The molecule has 0 aliphatic rings. The van der Waals surface area contributed by atoms with Crippen LogP contribution < -0.4 is 10.5 Å². The van der Waals surface area contributed by atoms with Crippen molar-refractivity contribution in [2.24, 2.45) is 5.73 Å². The molecule has 1 heterocycles. The quantitative estimate of drug-likeness (QED) is 0.901. The number of benzene rings is 1. The summed E-state index contributed by atoms with van der Waals surface area (Å²) < 4.78 is 5.63. The molecule has 2 N–H and O–H groups in total. The van der Waals surface area contributed by atoms with E-state index in [2.05, 4.69) is 11.9 Å². The largest absolute Gasteiger partial charge is 0.492 e. The Labute approximate surface area is 112 Å². The highest BCUT2D eigenvalue weighted by atomic mass is 32.1. The van der Waals surface area contributed by atoms with Gasteiger partial charge in [0, 0.05) is 17.3 Å². The number of aromatic nitrogens is 1. The van der Waals surface area contributed by atoms with Gasteiger partial charge < -0.3 is 10.5 Å². The van der Waals surface area contributed by atoms with E-state index in [0.717, 1.165) is 22.9 Å². The maximum Gasteiger partial charge on any atom is 0.119 e. The fourth-order valence-electron chi connectivity index (χ4n) is 1.63. The first-order valence-electron chi connectivity index (χ1n) is 6.01. The normalized spacial score (nSPS) is 12.4. The first kappa shape index (κ1) is 13.1. The Morgan fingerprint density at radius 2 is 2.00 bits per heavy atom.